The Bertz CT molecular complexity index is 1030. The lowest BCUT2D eigenvalue weighted by Crippen LogP contribution is -2.45. The fourth-order valence-corrected chi connectivity index (χ4v) is 6.60. The third kappa shape index (κ3) is 5.86. The second-order valence-corrected chi connectivity index (χ2v) is 11.9. The highest BCUT2D eigenvalue weighted by Gasteiger charge is 2.47. The molecule has 0 radical (unpaired) electrons. The molecule has 192 valence electrons. The smallest absolute Gasteiger partial charge is 0.229 e. The normalized spacial score (nSPS) is 21.2. The summed E-state index contributed by atoms with van der Waals surface area (Å²) in [6, 6.07) is 18.9. The Kier molecular flexibility index (Phi) is 8.12. The summed E-state index contributed by atoms with van der Waals surface area (Å²) >= 11 is 3.49. The van der Waals surface area contributed by atoms with Crippen molar-refractivity contribution in [3.05, 3.63) is 70.2 Å². The number of likely N-dealkylation sites (tertiary alicyclic amines) is 2. The van der Waals surface area contributed by atoms with Gasteiger partial charge < -0.3 is 15.1 Å². The fraction of sp³-hybridized carbons (Fsp3) is 0.533. The predicted molar refractivity (Wildman–Crippen MR) is 146 cm³/mol. The second kappa shape index (κ2) is 11.5. The highest BCUT2D eigenvalue weighted by molar-refractivity contribution is 9.10. The number of amides is 2. The number of nitrogens with one attached hydrogen (secondary N) is 1. The summed E-state index contributed by atoms with van der Waals surface area (Å²) in [6.07, 6.45) is 8.28. The van der Waals surface area contributed by atoms with Gasteiger partial charge in [-0.25, -0.2) is 0 Å². The molecule has 2 aromatic carbocycles. The molecule has 2 aliphatic heterocycles. The number of nitrogens with zero attached hydrogens (tertiary/aromatic N) is 2. The summed E-state index contributed by atoms with van der Waals surface area (Å²) in [5.74, 6) is 0.400. The maximum absolute atomic E-state index is 13.4. The summed E-state index contributed by atoms with van der Waals surface area (Å²) in [5.41, 5.74) is 2.10. The van der Waals surface area contributed by atoms with E-state index in [4.69, 9.17) is 0 Å². The first kappa shape index (κ1) is 25.5. The number of piperidine rings is 1. The molecule has 6 heteroatoms. The van der Waals surface area contributed by atoms with Crippen molar-refractivity contribution >= 4 is 27.7 Å². The Morgan fingerprint density at radius 3 is 2.33 bits per heavy atom. The fourth-order valence-electron chi connectivity index (χ4n) is 6.34. The van der Waals surface area contributed by atoms with Crippen molar-refractivity contribution in [2.24, 2.45) is 5.41 Å². The van der Waals surface area contributed by atoms with Crippen molar-refractivity contribution in [3.63, 3.8) is 0 Å². The van der Waals surface area contributed by atoms with Gasteiger partial charge in [0.1, 0.15) is 0 Å². The van der Waals surface area contributed by atoms with Crippen LogP contribution in [0, 0.1) is 5.41 Å². The summed E-state index contributed by atoms with van der Waals surface area (Å²) in [5, 5.41) is 3.33. The quantitative estimate of drug-likeness (QED) is 0.471. The minimum atomic E-state index is -0.190. The van der Waals surface area contributed by atoms with E-state index in [2.05, 4.69) is 55.3 Å². The van der Waals surface area contributed by atoms with Crippen LogP contribution in [0.3, 0.4) is 0 Å². The van der Waals surface area contributed by atoms with E-state index >= 15 is 0 Å². The minimum Gasteiger partial charge on any atom is -0.353 e. The number of halogens is 1. The van der Waals surface area contributed by atoms with Crippen LogP contribution in [0.4, 0.5) is 0 Å². The van der Waals surface area contributed by atoms with Crippen molar-refractivity contribution in [1.82, 2.24) is 15.1 Å². The highest BCUT2D eigenvalue weighted by atomic mass is 79.9. The van der Waals surface area contributed by atoms with Crippen LogP contribution in [0.1, 0.15) is 68.4 Å². The van der Waals surface area contributed by atoms with Crippen LogP contribution in [0.25, 0.3) is 0 Å². The van der Waals surface area contributed by atoms with Crippen molar-refractivity contribution < 1.29 is 9.59 Å². The van der Waals surface area contributed by atoms with Crippen LogP contribution in [0.15, 0.2) is 59.1 Å². The van der Waals surface area contributed by atoms with Crippen molar-refractivity contribution in [3.8, 4) is 0 Å². The Hall–Kier alpha value is -2.18. The molecule has 2 saturated heterocycles. The molecule has 1 N–H and O–H groups in total. The summed E-state index contributed by atoms with van der Waals surface area (Å²) in [4.78, 5) is 31.2. The third-order valence-corrected chi connectivity index (χ3v) is 9.18. The van der Waals surface area contributed by atoms with Gasteiger partial charge in [-0.2, -0.15) is 0 Å². The average Bonchev–Trinajstić information content (AvgIpc) is 3.51. The van der Waals surface area contributed by atoms with Gasteiger partial charge in [-0.15, -0.1) is 0 Å². The van der Waals surface area contributed by atoms with Gasteiger partial charge in [0.25, 0.3) is 0 Å². The molecule has 5 rings (SSSR count). The van der Waals surface area contributed by atoms with E-state index in [1.165, 1.54) is 18.4 Å². The average molecular weight is 553 g/mol. The van der Waals surface area contributed by atoms with Crippen LogP contribution in [0.2, 0.25) is 0 Å². The van der Waals surface area contributed by atoms with Crippen LogP contribution >= 0.6 is 15.9 Å². The van der Waals surface area contributed by atoms with Crippen LogP contribution < -0.4 is 5.32 Å². The largest absolute Gasteiger partial charge is 0.353 e. The van der Waals surface area contributed by atoms with Gasteiger partial charge in [0.15, 0.2) is 0 Å². The zero-order valence-corrected chi connectivity index (χ0v) is 22.7. The van der Waals surface area contributed by atoms with Gasteiger partial charge >= 0.3 is 0 Å². The zero-order chi connectivity index (χ0) is 25.0. The SMILES string of the molecule is O=C(NC1CCCC1)C(CCN1CCC2(CC1)CCN(Cc1ccc(Br)cc1)C2=O)c1ccccc1. The highest BCUT2D eigenvalue weighted by Crippen LogP contribution is 2.42. The molecule has 2 amide bonds. The number of carbonyl (C=O) groups excluding carboxylic acids is 2. The van der Waals surface area contributed by atoms with Crippen molar-refractivity contribution in [2.75, 3.05) is 26.2 Å². The molecule has 1 spiro atoms. The number of carbonyl (C=O) groups is 2. The molecule has 1 aliphatic carbocycles. The minimum absolute atomic E-state index is 0.114. The van der Waals surface area contributed by atoms with Gasteiger partial charge in [0, 0.05) is 23.6 Å². The summed E-state index contributed by atoms with van der Waals surface area (Å²) in [7, 11) is 0. The lowest BCUT2D eigenvalue weighted by atomic mass is 9.77. The number of rotatable bonds is 8. The molecule has 5 nitrogen and oxygen atoms in total. The van der Waals surface area contributed by atoms with Crippen molar-refractivity contribution in [1.29, 1.82) is 0 Å². The van der Waals surface area contributed by atoms with E-state index in [9.17, 15) is 9.59 Å². The third-order valence-electron chi connectivity index (χ3n) is 8.66. The Morgan fingerprint density at radius 2 is 1.64 bits per heavy atom. The number of benzene rings is 2. The van der Waals surface area contributed by atoms with Gasteiger partial charge in [0.2, 0.25) is 11.8 Å². The van der Waals surface area contributed by atoms with Gasteiger partial charge in [-0.05, 0) is 81.4 Å². The lowest BCUT2D eigenvalue weighted by Gasteiger charge is -2.38. The topological polar surface area (TPSA) is 52.7 Å². The molecule has 3 fully saturated rings. The maximum Gasteiger partial charge on any atom is 0.229 e. The molecule has 2 heterocycles. The van der Waals surface area contributed by atoms with E-state index in [0.29, 0.717) is 18.5 Å². The first-order chi connectivity index (χ1) is 17.5. The van der Waals surface area contributed by atoms with Crippen LogP contribution in [0.5, 0.6) is 0 Å². The molecule has 1 saturated carbocycles. The number of hydrogen-bond donors (Lipinski definition) is 1. The Labute approximate surface area is 223 Å². The molecule has 36 heavy (non-hydrogen) atoms. The van der Waals surface area contributed by atoms with E-state index in [1.807, 2.05) is 30.3 Å². The molecule has 1 atom stereocenters. The predicted octanol–water partition coefficient (Wildman–Crippen LogP) is 5.50. The van der Waals surface area contributed by atoms with E-state index in [1.54, 1.807) is 0 Å². The van der Waals surface area contributed by atoms with Crippen molar-refractivity contribution in [2.45, 2.75) is 69.9 Å². The van der Waals surface area contributed by atoms with Crippen LogP contribution in [-0.4, -0.2) is 53.8 Å². The van der Waals surface area contributed by atoms with Gasteiger partial charge in [-0.1, -0.05) is 71.2 Å². The Balaban J connectivity index is 1.15. The Morgan fingerprint density at radius 1 is 0.972 bits per heavy atom. The number of hydrogen-bond acceptors (Lipinski definition) is 3. The van der Waals surface area contributed by atoms with E-state index < -0.39 is 0 Å². The maximum atomic E-state index is 13.4. The zero-order valence-electron chi connectivity index (χ0n) is 21.1. The van der Waals surface area contributed by atoms with Crippen LogP contribution in [-0.2, 0) is 16.1 Å². The summed E-state index contributed by atoms with van der Waals surface area (Å²) in [6.45, 7) is 4.32. The lowest BCUT2D eigenvalue weighted by molar-refractivity contribution is -0.138. The molecule has 2 aromatic rings. The molecule has 0 aromatic heterocycles. The first-order valence-electron chi connectivity index (χ1n) is 13.6. The van der Waals surface area contributed by atoms with E-state index in [-0.39, 0.29) is 17.2 Å². The molecular formula is C30H38BrN3O2. The molecular weight excluding hydrogens is 514 g/mol. The van der Waals surface area contributed by atoms with Gasteiger partial charge in [0.05, 0.1) is 11.3 Å². The van der Waals surface area contributed by atoms with Gasteiger partial charge in [-0.3, -0.25) is 9.59 Å². The molecule has 0 bridgehead atoms. The second-order valence-electron chi connectivity index (χ2n) is 11.0. The molecule has 3 aliphatic rings. The van der Waals surface area contributed by atoms with E-state index in [0.717, 1.165) is 74.7 Å². The standard InChI is InChI=1S/C30H38BrN3O2/c31-25-12-10-23(11-13-25)22-34-21-17-30(29(34)36)15-19-33(20-16-30)18-14-27(24-6-2-1-3-7-24)28(35)32-26-8-4-5-9-26/h1-3,6-7,10-13,26-27H,4-5,8-9,14-22H2,(H,32,35). The molecule has 1 unspecified atom stereocenters. The summed E-state index contributed by atoms with van der Waals surface area (Å²) < 4.78 is 1.06. The first-order valence-corrected chi connectivity index (χ1v) is 14.4. The monoisotopic (exact) mass is 551 g/mol.